The molecule has 0 aliphatic carbocycles. The first-order valence-electron chi connectivity index (χ1n) is 5.86. The van der Waals surface area contributed by atoms with Gasteiger partial charge in [-0.3, -0.25) is 0 Å². The van der Waals surface area contributed by atoms with Crippen LogP contribution in [0.4, 0.5) is 5.82 Å². The molecule has 1 heterocycles. The summed E-state index contributed by atoms with van der Waals surface area (Å²) in [5, 5.41) is 4.02. The molecule has 5 heteroatoms. The van der Waals surface area contributed by atoms with E-state index < -0.39 is 0 Å². The Labute approximate surface area is 113 Å². The Morgan fingerprint density at radius 3 is 2.65 bits per heavy atom. The highest BCUT2D eigenvalue weighted by atomic mass is 35.5. The van der Waals surface area contributed by atoms with Crippen LogP contribution in [0.2, 0.25) is 5.15 Å². The van der Waals surface area contributed by atoms with Crippen LogP contribution in [0.5, 0.6) is 0 Å². The van der Waals surface area contributed by atoms with Crippen LogP contribution in [0.3, 0.4) is 0 Å². The molecule has 1 aromatic heterocycles. The Hall–Kier alpha value is -0.480. The molecule has 0 bridgehead atoms. The van der Waals surface area contributed by atoms with E-state index in [-0.39, 0.29) is 0 Å². The normalized spacial score (nSPS) is 12.8. The van der Waals surface area contributed by atoms with Gasteiger partial charge in [-0.1, -0.05) is 32.4 Å². The lowest BCUT2D eigenvalue weighted by Crippen LogP contribution is -2.23. The van der Waals surface area contributed by atoms with Crippen molar-refractivity contribution in [2.45, 2.75) is 39.2 Å². The van der Waals surface area contributed by atoms with E-state index in [1.807, 2.05) is 11.8 Å². The summed E-state index contributed by atoms with van der Waals surface area (Å²) in [5.41, 5.74) is 1.01. The standard InChI is InChI=1S/C12H20ClN3S/c1-5-9(6-17-4)16-12-10(8(2)3)11(13)14-7-15-12/h7-9H,5-6H2,1-4H3,(H,14,15,16). The van der Waals surface area contributed by atoms with Crippen molar-refractivity contribution in [1.29, 1.82) is 0 Å². The number of rotatable bonds is 6. The van der Waals surface area contributed by atoms with E-state index in [2.05, 4.69) is 42.3 Å². The lowest BCUT2D eigenvalue weighted by atomic mass is 10.1. The number of halogens is 1. The highest BCUT2D eigenvalue weighted by molar-refractivity contribution is 7.98. The van der Waals surface area contributed by atoms with Crippen molar-refractivity contribution in [2.24, 2.45) is 0 Å². The van der Waals surface area contributed by atoms with Gasteiger partial charge in [0.1, 0.15) is 17.3 Å². The van der Waals surface area contributed by atoms with Gasteiger partial charge in [-0.15, -0.1) is 0 Å². The van der Waals surface area contributed by atoms with Gasteiger partial charge in [0.2, 0.25) is 0 Å². The second kappa shape index (κ2) is 7.07. The van der Waals surface area contributed by atoms with Gasteiger partial charge < -0.3 is 5.32 Å². The largest absolute Gasteiger partial charge is 0.366 e. The smallest absolute Gasteiger partial charge is 0.138 e. The minimum atomic E-state index is 0.318. The highest BCUT2D eigenvalue weighted by Crippen LogP contribution is 2.28. The number of hydrogen-bond donors (Lipinski definition) is 1. The van der Waals surface area contributed by atoms with Crippen molar-refractivity contribution in [3.8, 4) is 0 Å². The van der Waals surface area contributed by atoms with E-state index in [1.54, 1.807) is 0 Å². The monoisotopic (exact) mass is 273 g/mol. The Balaban J connectivity index is 2.93. The number of nitrogens with one attached hydrogen (secondary N) is 1. The van der Waals surface area contributed by atoms with Crippen molar-refractivity contribution in [2.75, 3.05) is 17.3 Å². The van der Waals surface area contributed by atoms with E-state index in [9.17, 15) is 0 Å². The van der Waals surface area contributed by atoms with Crippen molar-refractivity contribution in [3.05, 3.63) is 17.0 Å². The Morgan fingerprint density at radius 1 is 1.41 bits per heavy atom. The van der Waals surface area contributed by atoms with Gasteiger partial charge in [0.05, 0.1) is 0 Å². The van der Waals surface area contributed by atoms with Crippen molar-refractivity contribution < 1.29 is 0 Å². The van der Waals surface area contributed by atoms with E-state index in [4.69, 9.17) is 11.6 Å². The number of thioether (sulfide) groups is 1. The maximum absolute atomic E-state index is 6.13. The highest BCUT2D eigenvalue weighted by Gasteiger charge is 2.15. The molecule has 0 fully saturated rings. The molecule has 0 amide bonds. The molecule has 1 aromatic rings. The molecule has 1 N–H and O–H groups in total. The lowest BCUT2D eigenvalue weighted by molar-refractivity contribution is 0.757. The third kappa shape index (κ3) is 4.03. The molecular weight excluding hydrogens is 254 g/mol. The topological polar surface area (TPSA) is 37.8 Å². The fraction of sp³-hybridized carbons (Fsp3) is 0.667. The quantitative estimate of drug-likeness (QED) is 0.800. The average Bonchev–Trinajstić information content (AvgIpc) is 2.28. The summed E-state index contributed by atoms with van der Waals surface area (Å²) in [5.74, 6) is 2.26. The minimum absolute atomic E-state index is 0.318. The van der Waals surface area contributed by atoms with Crippen LogP contribution in [0, 0.1) is 0 Å². The summed E-state index contributed by atoms with van der Waals surface area (Å²) < 4.78 is 0. The van der Waals surface area contributed by atoms with Crippen LogP contribution in [0.25, 0.3) is 0 Å². The van der Waals surface area contributed by atoms with Gasteiger partial charge in [-0.2, -0.15) is 11.8 Å². The van der Waals surface area contributed by atoms with Crippen LogP contribution in [-0.4, -0.2) is 28.0 Å². The van der Waals surface area contributed by atoms with E-state index in [1.165, 1.54) is 6.33 Å². The molecule has 0 aromatic carbocycles. The number of anilines is 1. The summed E-state index contributed by atoms with van der Waals surface area (Å²) in [6.45, 7) is 6.38. The van der Waals surface area contributed by atoms with Gasteiger partial charge in [-0.25, -0.2) is 9.97 Å². The SMILES string of the molecule is CCC(CSC)Nc1ncnc(Cl)c1C(C)C. The van der Waals surface area contributed by atoms with E-state index in [0.29, 0.717) is 17.1 Å². The maximum atomic E-state index is 6.13. The van der Waals surface area contributed by atoms with Gasteiger partial charge >= 0.3 is 0 Å². The zero-order valence-corrected chi connectivity index (χ0v) is 12.4. The molecule has 96 valence electrons. The first-order chi connectivity index (χ1) is 8.10. The van der Waals surface area contributed by atoms with Crippen molar-refractivity contribution in [3.63, 3.8) is 0 Å². The summed E-state index contributed by atoms with van der Waals surface area (Å²) >= 11 is 7.96. The number of nitrogens with zero attached hydrogens (tertiary/aromatic N) is 2. The first-order valence-corrected chi connectivity index (χ1v) is 7.63. The molecule has 0 aliphatic heterocycles. The first kappa shape index (κ1) is 14.6. The van der Waals surface area contributed by atoms with E-state index in [0.717, 1.165) is 23.6 Å². The fourth-order valence-electron chi connectivity index (χ4n) is 1.66. The molecule has 1 atom stereocenters. The van der Waals surface area contributed by atoms with Crippen LogP contribution < -0.4 is 5.32 Å². The molecule has 17 heavy (non-hydrogen) atoms. The third-order valence-electron chi connectivity index (χ3n) is 2.61. The van der Waals surface area contributed by atoms with Crippen LogP contribution in [0.1, 0.15) is 38.7 Å². The maximum Gasteiger partial charge on any atom is 0.138 e. The summed E-state index contributed by atoms with van der Waals surface area (Å²) in [6.07, 6.45) is 4.70. The van der Waals surface area contributed by atoms with Gasteiger partial charge in [0.25, 0.3) is 0 Å². The second-order valence-electron chi connectivity index (χ2n) is 4.29. The zero-order chi connectivity index (χ0) is 12.8. The summed E-state index contributed by atoms with van der Waals surface area (Å²) in [6, 6.07) is 0.425. The Morgan fingerprint density at radius 2 is 2.12 bits per heavy atom. The predicted octanol–water partition coefficient (Wildman–Crippen LogP) is 3.81. The Kier molecular flexibility index (Phi) is 6.06. The van der Waals surface area contributed by atoms with Gasteiger partial charge in [0.15, 0.2) is 0 Å². The van der Waals surface area contributed by atoms with Gasteiger partial charge in [-0.05, 0) is 18.6 Å². The number of hydrogen-bond acceptors (Lipinski definition) is 4. The molecule has 1 unspecified atom stereocenters. The summed E-state index contributed by atoms with van der Waals surface area (Å²) in [4.78, 5) is 8.36. The molecule has 1 rings (SSSR count). The molecule has 0 saturated heterocycles. The minimum Gasteiger partial charge on any atom is -0.366 e. The zero-order valence-electron chi connectivity index (χ0n) is 10.8. The third-order valence-corrected chi connectivity index (χ3v) is 3.65. The summed E-state index contributed by atoms with van der Waals surface area (Å²) in [7, 11) is 0. The molecule has 0 aliphatic rings. The van der Waals surface area contributed by atoms with Crippen LogP contribution >= 0.6 is 23.4 Å². The molecular formula is C12H20ClN3S. The lowest BCUT2D eigenvalue weighted by Gasteiger charge is -2.20. The molecule has 0 radical (unpaired) electrons. The average molecular weight is 274 g/mol. The molecule has 0 spiro atoms. The van der Waals surface area contributed by atoms with Crippen molar-refractivity contribution in [1.82, 2.24) is 9.97 Å². The predicted molar refractivity (Wildman–Crippen MR) is 77.2 cm³/mol. The van der Waals surface area contributed by atoms with Crippen LogP contribution in [-0.2, 0) is 0 Å². The van der Waals surface area contributed by atoms with Crippen molar-refractivity contribution >= 4 is 29.2 Å². The molecule has 0 saturated carbocycles. The molecule has 3 nitrogen and oxygen atoms in total. The van der Waals surface area contributed by atoms with Crippen LogP contribution in [0.15, 0.2) is 6.33 Å². The second-order valence-corrected chi connectivity index (χ2v) is 5.56. The van der Waals surface area contributed by atoms with Gasteiger partial charge in [0, 0.05) is 17.4 Å². The Bertz CT molecular complexity index is 358. The fourth-order valence-corrected chi connectivity index (χ4v) is 2.73. The van der Waals surface area contributed by atoms with E-state index >= 15 is 0 Å². The number of aromatic nitrogens is 2.